The lowest BCUT2D eigenvalue weighted by molar-refractivity contribution is -0.121. The number of carbonyl (C=O) groups is 1. The third kappa shape index (κ3) is 4.23. The van der Waals surface area contributed by atoms with E-state index in [1.54, 1.807) is 0 Å². The van der Waals surface area contributed by atoms with E-state index in [9.17, 15) is 9.90 Å². The van der Waals surface area contributed by atoms with Gasteiger partial charge in [-0.05, 0) is 49.9 Å². The molecule has 1 aromatic rings. The molecule has 0 aliphatic heterocycles. The average Bonchev–Trinajstić information content (AvgIpc) is 2.33. The van der Waals surface area contributed by atoms with Crippen LogP contribution in [0, 0.1) is 6.92 Å². The van der Waals surface area contributed by atoms with Gasteiger partial charge in [-0.15, -0.1) is 11.8 Å². The molecule has 19 heavy (non-hydrogen) atoms. The molecular formula is C14H18BrNO2S. The molecule has 1 aliphatic carbocycles. The SMILES string of the molecule is Cc1cc(Br)ccc1SCC(=O)NCC1(O)CCC1. The van der Waals surface area contributed by atoms with Crippen LogP contribution >= 0.6 is 27.7 Å². The Morgan fingerprint density at radius 2 is 2.26 bits per heavy atom. The zero-order valence-corrected chi connectivity index (χ0v) is 13.3. The smallest absolute Gasteiger partial charge is 0.230 e. The largest absolute Gasteiger partial charge is 0.388 e. The van der Waals surface area contributed by atoms with Crippen molar-refractivity contribution in [3.8, 4) is 0 Å². The summed E-state index contributed by atoms with van der Waals surface area (Å²) in [6.07, 6.45) is 2.65. The first-order valence-corrected chi connectivity index (χ1v) is 8.14. The molecular weight excluding hydrogens is 326 g/mol. The first-order valence-electron chi connectivity index (χ1n) is 6.37. The minimum atomic E-state index is -0.645. The Morgan fingerprint density at radius 3 is 2.84 bits per heavy atom. The van der Waals surface area contributed by atoms with Gasteiger partial charge in [0.15, 0.2) is 0 Å². The van der Waals surface area contributed by atoms with Gasteiger partial charge in [-0.25, -0.2) is 0 Å². The fraction of sp³-hybridized carbons (Fsp3) is 0.500. The van der Waals surface area contributed by atoms with Crippen LogP contribution in [0.25, 0.3) is 0 Å². The monoisotopic (exact) mass is 343 g/mol. The zero-order valence-electron chi connectivity index (χ0n) is 10.9. The minimum absolute atomic E-state index is 0.0207. The first-order chi connectivity index (χ1) is 8.98. The summed E-state index contributed by atoms with van der Waals surface area (Å²) < 4.78 is 1.05. The Balaban J connectivity index is 1.76. The van der Waals surface area contributed by atoms with Crippen molar-refractivity contribution in [1.29, 1.82) is 0 Å². The van der Waals surface area contributed by atoms with Gasteiger partial charge < -0.3 is 10.4 Å². The fourth-order valence-corrected chi connectivity index (χ4v) is 3.31. The van der Waals surface area contributed by atoms with Gasteiger partial charge in [0.2, 0.25) is 5.91 Å². The molecule has 0 radical (unpaired) electrons. The standard InChI is InChI=1S/C14H18BrNO2S/c1-10-7-11(15)3-4-12(10)19-8-13(17)16-9-14(18)5-2-6-14/h3-4,7,18H,2,5-6,8-9H2,1H3,(H,16,17). The Kier molecular flexibility index (Phi) is 4.92. The number of thioether (sulfide) groups is 1. The van der Waals surface area contributed by atoms with E-state index < -0.39 is 5.60 Å². The summed E-state index contributed by atoms with van der Waals surface area (Å²) in [6.45, 7) is 2.41. The summed E-state index contributed by atoms with van der Waals surface area (Å²) in [5.74, 6) is 0.367. The third-order valence-electron chi connectivity index (χ3n) is 3.39. The molecule has 0 bridgehead atoms. The molecule has 2 rings (SSSR count). The average molecular weight is 344 g/mol. The summed E-state index contributed by atoms with van der Waals surface area (Å²) in [5, 5.41) is 12.7. The van der Waals surface area contributed by atoms with E-state index in [1.807, 2.05) is 25.1 Å². The number of nitrogens with one attached hydrogen (secondary N) is 1. The van der Waals surface area contributed by atoms with E-state index in [1.165, 1.54) is 11.8 Å². The molecule has 1 saturated carbocycles. The zero-order chi connectivity index (χ0) is 13.9. The van der Waals surface area contributed by atoms with Crippen LogP contribution in [0.15, 0.2) is 27.6 Å². The number of aryl methyl sites for hydroxylation is 1. The molecule has 1 amide bonds. The second-order valence-corrected chi connectivity index (χ2v) is 6.99. The van der Waals surface area contributed by atoms with Gasteiger partial charge >= 0.3 is 0 Å². The molecule has 0 atom stereocenters. The Hall–Kier alpha value is -0.520. The second kappa shape index (κ2) is 6.29. The van der Waals surface area contributed by atoms with Crippen molar-refractivity contribution in [3.63, 3.8) is 0 Å². The van der Waals surface area contributed by atoms with Crippen molar-refractivity contribution in [2.75, 3.05) is 12.3 Å². The van der Waals surface area contributed by atoms with E-state index in [0.717, 1.165) is 34.2 Å². The van der Waals surface area contributed by atoms with Crippen LogP contribution in [-0.4, -0.2) is 28.9 Å². The van der Waals surface area contributed by atoms with Gasteiger partial charge in [0.1, 0.15) is 0 Å². The summed E-state index contributed by atoms with van der Waals surface area (Å²) in [6, 6.07) is 6.03. The lowest BCUT2D eigenvalue weighted by atomic mass is 9.80. The maximum Gasteiger partial charge on any atom is 0.230 e. The Bertz CT molecular complexity index is 475. The second-order valence-electron chi connectivity index (χ2n) is 5.05. The van der Waals surface area contributed by atoms with Gasteiger partial charge in [0.25, 0.3) is 0 Å². The molecule has 0 aromatic heterocycles. The molecule has 1 aliphatic rings. The summed E-state index contributed by atoms with van der Waals surface area (Å²) in [7, 11) is 0. The lowest BCUT2D eigenvalue weighted by Crippen LogP contribution is -2.48. The van der Waals surface area contributed by atoms with Crippen LogP contribution in [0.4, 0.5) is 0 Å². The number of hydrogen-bond donors (Lipinski definition) is 2. The Labute approximate surface area is 126 Å². The number of rotatable bonds is 5. The molecule has 0 saturated heterocycles. The topological polar surface area (TPSA) is 49.3 Å². The molecule has 0 unspecified atom stereocenters. The number of halogens is 1. The first kappa shape index (κ1) is 14.9. The Morgan fingerprint density at radius 1 is 1.53 bits per heavy atom. The highest BCUT2D eigenvalue weighted by atomic mass is 79.9. The highest BCUT2D eigenvalue weighted by molar-refractivity contribution is 9.10. The molecule has 0 heterocycles. The number of hydrogen-bond acceptors (Lipinski definition) is 3. The molecule has 3 nitrogen and oxygen atoms in total. The van der Waals surface area contributed by atoms with Crippen molar-refractivity contribution in [1.82, 2.24) is 5.32 Å². The number of carbonyl (C=O) groups excluding carboxylic acids is 1. The normalized spacial score (nSPS) is 16.8. The van der Waals surface area contributed by atoms with Crippen molar-refractivity contribution >= 4 is 33.6 Å². The van der Waals surface area contributed by atoms with Crippen molar-refractivity contribution in [3.05, 3.63) is 28.2 Å². The molecule has 104 valence electrons. The minimum Gasteiger partial charge on any atom is -0.388 e. The van der Waals surface area contributed by atoms with E-state index in [-0.39, 0.29) is 5.91 Å². The summed E-state index contributed by atoms with van der Waals surface area (Å²) in [4.78, 5) is 12.8. The van der Waals surface area contributed by atoms with E-state index in [0.29, 0.717) is 12.3 Å². The van der Waals surface area contributed by atoms with Crippen LogP contribution in [0.2, 0.25) is 0 Å². The third-order valence-corrected chi connectivity index (χ3v) is 5.06. The predicted molar refractivity (Wildman–Crippen MR) is 81.4 cm³/mol. The van der Waals surface area contributed by atoms with E-state index in [4.69, 9.17) is 0 Å². The van der Waals surface area contributed by atoms with Crippen molar-refractivity contribution < 1.29 is 9.90 Å². The highest BCUT2D eigenvalue weighted by Crippen LogP contribution is 2.30. The van der Waals surface area contributed by atoms with Crippen LogP contribution in [0.3, 0.4) is 0 Å². The van der Waals surface area contributed by atoms with Crippen LogP contribution in [0.1, 0.15) is 24.8 Å². The van der Waals surface area contributed by atoms with Gasteiger partial charge in [-0.1, -0.05) is 15.9 Å². The highest BCUT2D eigenvalue weighted by Gasteiger charge is 2.34. The van der Waals surface area contributed by atoms with E-state index >= 15 is 0 Å². The number of benzene rings is 1. The molecule has 1 aromatic carbocycles. The van der Waals surface area contributed by atoms with E-state index in [2.05, 4.69) is 21.2 Å². The van der Waals surface area contributed by atoms with Crippen LogP contribution < -0.4 is 5.32 Å². The predicted octanol–water partition coefficient (Wildman–Crippen LogP) is 2.88. The fourth-order valence-electron chi connectivity index (χ4n) is 1.99. The molecule has 2 N–H and O–H groups in total. The van der Waals surface area contributed by atoms with Gasteiger partial charge in [0.05, 0.1) is 11.4 Å². The van der Waals surface area contributed by atoms with Crippen molar-refractivity contribution in [2.24, 2.45) is 0 Å². The van der Waals surface area contributed by atoms with Gasteiger partial charge in [0, 0.05) is 15.9 Å². The lowest BCUT2D eigenvalue weighted by Gasteiger charge is -2.36. The van der Waals surface area contributed by atoms with Crippen molar-refractivity contribution in [2.45, 2.75) is 36.7 Å². The van der Waals surface area contributed by atoms with Crippen LogP contribution in [0.5, 0.6) is 0 Å². The summed E-state index contributed by atoms with van der Waals surface area (Å²) in [5.41, 5.74) is 0.512. The maximum absolute atomic E-state index is 11.7. The molecule has 5 heteroatoms. The number of amides is 1. The summed E-state index contributed by atoms with van der Waals surface area (Å²) >= 11 is 4.95. The maximum atomic E-state index is 11.7. The van der Waals surface area contributed by atoms with Gasteiger partial charge in [-0.3, -0.25) is 4.79 Å². The van der Waals surface area contributed by atoms with Crippen LogP contribution in [-0.2, 0) is 4.79 Å². The molecule has 0 spiro atoms. The molecule has 1 fully saturated rings. The quantitative estimate of drug-likeness (QED) is 0.808. The van der Waals surface area contributed by atoms with Gasteiger partial charge in [-0.2, -0.15) is 0 Å². The number of aliphatic hydroxyl groups is 1.